The Morgan fingerprint density at radius 1 is 1.24 bits per heavy atom. The second kappa shape index (κ2) is 10.0. The van der Waals surface area contributed by atoms with Gasteiger partial charge in [-0.05, 0) is 62.8 Å². The maximum atomic E-state index is 6.12. The molecule has 21 heavy (non-hydrogen) atoms. The topological polar surface area (TPSA) is 24.5 Å². The highest BCUT2D eigenvalue weighted by molar-refractivity contribution is 6.30. The summed E-state index contributed by atoms with van der Waals surface area (Å²) in [6.07, 6.45) is 2.07. The quantitative estimate of drug-likeness (QED) is 0.714. The molecule has 0 radical (unpaired) electrons. The van der Waals surface area contributed by atoms with Gasteiger partial charge in [0.25, 0.3) is 0 Å². The molecule has 1 aromatic carbocycles. The molecule has 0 fully saturated rings. The monoisotopic (exact) mass is 312 g/mol. The smallest absolute Gasteiger partial charge is 0.122 e. The van der Waals surface area contributed by atoms with Crippen LogP contribution >= 0.6 is 11.6 Å². The lowest BCUT2D eigenvalue weighted by Gasteiger charge is -2.24. The number of hydrogen-bond acceptors (Lipinski definition) is 3. The minimum atomic E-state index is 0.447. The van der Waals surface area contributed by atoms with Crippen molar-refractivity contribution in [3.8, 4) is 5.75 Å². The Kier molecular flexibility index (Phi) is 8.74. The molecule has 0 spiro atoms. The summed E-state index contributed by atoms with van der Waals surface area (Å²) in [5.41, 5.74) is 1.18. The molecule has 1 aromatic rings. The van der Waals surface area contributed by atoms with Gasteiger partial charge < -0.3 is 15.0 Å². The van der Waals surface area contributed by atoms with Crippen LogP contribution < -0.4 is 10.1 Å². The molecule has 0 aliphatic heterocycles. The summed E-state index contributed by atoms with van der Waals surface area (Å²) in [6, 6.07) is 6.29. The molecule has 0 bridgehead atoms. The minimum absolute atomic E-state index is 0.447. The van der Waals surface area contributed by atoms with Crippen molar-refractivity contribution in [2.45, 2.75) is 39.7 Å². The van der Waals surface area contributed by atoms with Gasteiger partial charge >= 0.3 is 0 Å². The summed E-state index contributed by atoms with van der Waals surface area (Å²) in [4.78, 5) is 2.46. The highest BCUT2D eigenvalue weighted by Gasteiger charge is 2.13. The fourth-order valence-electron chi connectivity index (χ4n) is 2.62. The van der Waals surface area contributed by atoms with Crippen LogP contribution in [0.5, 0.6) is 5.75 Å². The Morgan fingerprint density at radius 2 is 1.95 bits per heavy atom. The van der Waals surface area contributed by atoms with Crippen molar-refractivity contribution in [3.05, 3.63) is 28.8 Å². The average Bonchev–Trinajstić information content (AvgIpc) is 2.48. The van der Waals surface area contributed by atoms with E-state index in [2.05, 4.69) is 31.0 Å². The SMILES string of the molecule is CCNC(CCN(CC)CC)Cc1cc(Cl)ccc1OC. The van der Waals surface area contributed by atoms with Crippen LogP contribution in [-0.4, -0.2) is 44.2 Å². The van der Waals surface area contributed by atoms with Crippen molar-refractivity contribution in [3.63, 3.8) is 0 Å². The number of benzene rings is 1. The first-order chi connectivity index (χ1) is 10.1. The first-order valence-electron chi connectivity index (χ1n) is 7.92. The van der Waals surface area contributed by atoms with Crippen LogP contribution in [0.3, 0.4) is 0 Å². The van der Waals surface area contributed by atoms with Crippen molar-refractivity contribution in [1.29, 1.82) is 0 Å². The lowest BCUT2D eigenvalue weighted by molar-refractivity contribution is 0.280. The standard InChI is InChI=1S/C17H29ClN2O/c1-5-19-16(10-11-20(6-2)7-3)13-14-12-15(18)8-9-17(14)21-4/h8-9,12,16,19H,5-7,10-11,13H2,1-4H3. The Balaban J connectivity index is 2.71. The summed E-state index contributed by atoms with van der Waals surface area (Å²) in [5, 5.41) is 4.35. The third-order valence-corrected chi connectivity index (χ3v) is 4.12. The predicted octanol–water partition coefficient (Wildman–Crippen LogP) is 3.60. The zero-order valence-electron chi connectivity index (χ0n) is 13.8. The third kappa shape index (κ3) is 6.25. The van der Waals surface area contributed by atoms with Gasteiger partial charge in [-0.3, -0.25) is 0 Å². The van der Waals surface area contributed by atoms with Gasteiger partial charge in [-0.25, -0.2) is 0 Å². The number of nitrogens with zero attached hydrogens (tertiary/aromatic N) is 1. The number of rotatable bonds is 10. The van der Waals surface area contributed by atoms with E-state index in [0.29, 0.717) is 6.04 Å². The van der Waals surface area contributed by atoms with E-state index in [1.165, 1.54) is 5.56 Å². The molecule has 0 aliphatic rings. The van der Waals surface area contributed by atoms with E-state index in [1.54, 1.807) is 7.11 Å². The van der Waals surface area contributed by atoms with Crippen molar-refractivity contribution >= 4 is 11.6 Å². The van der Waals surface area contributed by atoms with E-state index in [1.807, 2.05) is 18.2 Å². The van der Waals surface area contributed by atoms with Gasteiger partial charge in [-0.15, -0.1) is 0 Å². The van der Waals surface area contributed by atoms with Crippen molar-refractivity contribution in [2.24, 2.45) is 0 Å². The van der Waals surface area contributed by atoms with Gasteiger partial charge in [-0.1, -0.05) is 32.4 Å². The summed E-state index contributed by atoms with van der Waals surface area (Å²) in [7, 11) is 1.71. The molecule has 0 amide bonds. The van der Waals surface area contributed by atoms with Gasteiger partial charge in [0.05, 0.1) is 7.11 Å². The molecule has 1 atom stereocenters. The lowest BCUT2D eigenvalue weighted by Crippen LogP contribution is -2.35. The van der Waals surface area contributed by atoms with Crippen molar-refractivity contribution in [1.82, 2.24) is 10.2 Å². The Morgan fingerprint density at radius 3 is 2.52 bits per heavy atom. The maximum Gasteiger partial charge on any atom is 0.122 e. The van der Waals surface area contributed by atoms with Crippen LogP contribution in [0.1, 0.15) is 32.8 Å². The number of methoxy groups -OCH3 is 1. The predicted molar refractivity (Wildman–Crippen MR) is 91.6 cm³/mol. The van der Waals surface area contributed by atoms with Crippen LogP contribution in [0.4, 0.5) is 0 Å². The summed E-state index contributed by atoms with van der Waals surface area (Å²) in [6.45, 7) is 10.9. The van der Waals surface area contributed by atoms with E-state index in [0.717, 1.165) is 49.8 Å². The zero-order chi connectivity index (χ0) is 15.7. The molecular weight excluding hydrogens is 284 g/mol. The molecule has 0 saturated heterocycles. The lowest BCUT2D eigenvalue weighted by atomic mass is 10.0. The van der Waals surface area contributed by atoms with Crippen LogP contribution in [0.25, 0.3) is 0 Å². The second-order valence-corrected chi connectivity index (χ2v) is 5.67. The molecule has 0 saturated carbocycles. The van der Waals surface area contributed by atoms with Crippen LogP contribution in [-0.2, 0) is 6.42 Å². The highest BCUT2D eigenvalue weighted by atomic mass is 35.5. The van der Waals surface area contributed by atoms with E-state index in [-0.39, 0.29) is 0 Å². The minimum Gasteiger partial charge on any atom is -0.496 e. The maximum absolute atomic E-state index is 6.12. The van der Waals surface area contributed by atoms with Crippen molar-refractivity contribution < 1.29 is 4.74 Å². The number of ether oxygens (including phenoxy) is 1. The van der Waals surface area contributed by atoms with E-state index >= 15 is 0 Å². The van der Waals surface area contributed by atoms with Crippen LogP contribution in [0.2, 0.25) is 5.02 Å². The first kappa shape index (κ1) is 18.3. The van der Waals surface area contributed by atoms with E-state index in [9.17, 15) is 0 Å². The Bertz CT molecular complexity index is 408. The summed E-state index contributed by atoms with van der Waals surface area (Å²) in [5.74, 6) is 0.921. The molecule has 0 aliphatic carbocycles. The second-order valence-electron chi connectivity index (χ2n) is 5.23. The summed E-state index contributed by atoms with van der Waals surface area (Å²) < 4.78 is 5.45. The van der Waals surface area contributed by atoms with E-state index < -0.39 is 0 Å². The van der Waals surface area contributed by atoms with Crippen molar-refractivity contribution in [2.75, 3.05) is 33.3 Å². The molecular formula is C17H29ClN2O. The fourth-order valence-corrected chi connectivity index (χ4v) is 2.81. The third-order valence-electron chi connectivity index (χ3n) is 3.89. The van der Waals surface area contributed by atoms with Crippen LogP contribution in [0, 0.1) is 0 Å². The molecule has 0 heterocycles. The zero-order valence-corrected chi connectivity index (χ0v) is 14.5. The highest BCUT2D eigenvalue weighted by Crippen LogP contribution is 2.24. The first-order valence-corrected chi connectivity index (χ1v) is 8.30. The average molecular weight is 313 g/mol. The van der Waals surface area contributed by atoms with E-state index in [4.69, 9.17) is 16.3 Å². The summed E-state index contributed by atoms with van der Waals surface area (Å²) >= 11 is 6.12. The largest absolute Gasteiger partial charge is 0.496 e. The van der Waals surface area contributed by atoms with Gasteiger partial charge in [0, 0.05) is 11.1 Å². The molecule has 120 valence electrons. The molecule has 3 nitrogen and oxygen atoms in total. The van der Waals surface area contributed by atoms with Gasteiger partial charge in [0.2, 0.25) is 0 Å². The molecule has 4 heteroatoms. The number of hydrogen-bond donors (Lipinski definition) is 1. The Labute approximate surface area is 134 Å². The fraction of sp³-hybridized carbons (Fsp3) is 0.647. The molecule has 1 unspecified atom stereocenters. The Hall–Kier alpha value is -0.770. The normalized spacial score (nSPS) is 12.7. The molecule has 1 N–H and O–H groups in total. The van der Waals surface area contributed by atoms with Gasteiger partial charge in [0.15, 0.2) is 0 Å². The van der Waals surface area contributed by atoms with Gasteiger partial charge in [0.1, 0.15) is 5.75 Å². The van der Waals surface area contributed by atoms with Crippen LogP contribution in [0.15, 0.2) is 18.2 Å². The number of halogens is 1. The number of nitrogens with one attached hydrogen (secondary N) is 1. The molecule has 0 aromatic heterocycles. The van der Waals surface area contributed by atoms with Gasteiger partial charge in [-0.2, -0.15) is 0 Å². The molecule has 1 rings (SSSR count). The number of likely N-dealkylation sites (N-methyl/N-ethyl adjacent to an activating group) is 1.